The van der Waals surface area contributed by atoms with E-state index in [1.807, 2.05) is 0 Å². The Morgan fingerprint density at radius 1 is 1.00 bits per heavy atom. The normalized spacial score (nSPS) is 43.9. The van der Waals surface area contributed by atoms with Crippen LogP contribution in [0, 0.1) is 5.92 Å². The summed E-state index contributed by atoms with van der Waals surface area (Å²) in [7, 11) is 0. The average molecular weight is 194 g/mol. The van der Waals surface area contributed by atoms with Gasteiger partial charge in [-0.3, -0.25) is 4.90 Å². The van der Waals surface area contributed by atoms with E-state index in [9.17, 15) is 0 Å². The standard InChI is InChI=1S/C12H22N2/c13-10-6-11-4-5-12(7-10)14(11)8-9-2-1-3-9/h9-12H,1-8,13H2/t10?,11-,12+. The molecule has 1 unspecified atom stereocenters. The fourth-order valence-corrected chi connectivity index (χ4v) is 3.59. The highest BCUT2D eigenvalue weighted by Gasteiger charge is 2.40. The van der Waals surface area contributed by atoms with Crippen molar-refractivity contribution in [3.05, 3.63) is 0 Å². The van der Waals surface area contributed by atoms with E-state index >= 15 is 0 Å². The minimum atomic E-state index is 0.505. The van der Waals surface area contributed by atoms with Crippen molar-refractivity contribution in [2.75, 3.05) is 6.54 Å². The Morgan fingerprint density at radius 2 is 1.64 bits per heavy atom. The summed E-state index contributed by atoms with van der Waals surface area (Å²) in [6, 6.07) is 2.21. The first kappa shape index (κ1) is 9.17. The summed E-state index contributed by atoms with van der Waals surface area (Å²) in [5, 5.41) is 0. The molecule has 2 heteroatoms. The van der Waals surface area contributed by atoms with E-state index in [4.69, 9.17) is 5.73 Å². The molecular formula is C12H22N2. The van der Waals surface area contributed by atoms with Gasteiger partial charge in [0.1, 0.15) is 0 Å². The molecule has 2 heterocycles. The number of fused-ring (bicyclic) bond motifs is 2. The lowest BCUT2D eigenvalue weighted by atomic mass is 9.84. The van der Waals surface area contributed by atoms with Crippen LogP contribution in [0.5, 0.6) is 0 Å². The first-order valence-electron chi connectivity index (χ1n) is 6.34. The van der Waals surface area contributed by atoms with Gasteiger partial charge in [-0.15, -0.1) is 0 Å². The highest BCUT2D eigenvalue weighted by molar-refractivity contribution is 4.97. The van der Waals surface area contributed by atoms with Gasteiger partial charge in [0.2, 0.25) is 0 Å². The minimum absolute atomic E-state index is 0.505. The molecule has 2 aliphatic heterocycles. The van der Waals surface area contributed by atoms with Crippen molar-refractivity contribution in [1.29, 1.82) is 0 Å². The SMILES string of the molecule is NC1C[C@H]2CC[C@@H](C1)N2CC1CCC1. The smallest absolute Gasteiger partial charge is 0.0114 e. The van der Waals surface area contributed by atoms with E-state index in [2.05, 4.69) is 4.90 Å². The molecule has 0 radical (unpaired) electrons. The van der Waals surface area contributed by atoms with Crippen molar-refractivity contribution in [2.45, 2.75) is 63.1 Å². The van der Waals surface area contributed by atoms with Gasteiger partial charge in [-0.2, -0.15) is 0 Å². The Hall–Kier alpha value is -0.0800. The van der Waals surface area contributed by atoms with Gasteiger partial charge in [0.15, 0.2) is 0 Å². The average Bonchev–Trinajstić information content (AvgIpc) is 2.29. The summed E-state index contributed by atoms with van der Waals surface area (Å²) in [4.78, 5) is 2.80. The largest absolute Gasteiger partial charge is 0.328 e. The van der Waals surface area contributed by atoms with Crippen LogP contribution < -0.4 is 5.73 Å². The van der Waals surface area contributed by atoms with Gasteiger partial charge in [0, 0.05) is 24.7 Å². The van der Waals surface area contributed by atoms with Crippen LogP contribution in [-0.4, -0.2) is 29.6 Å². The predicted molar refractivity (Wildman–Crippen MR) is 58.1 cm³/mol. The van der Waals surface area contributed by atoms with E-state index in [0.717, 1.165) is 18.0 Å². The topological polar surface area (TPSA) is 29.3 Å². The second-order valence-corrected chi connectivity index (χ2v) is 5.61. The molecular weight excluding hydrogens is 172 g/mol. The molecule has 14 heavy (non-hydrogen) atoms. The lowest BCUT2D eigenvalue weighted by molar-refractivity contribution is 0.0858. The van der Waals surface area contributed by atoms with Crippen LogP contribution in [0.2, 0.25) is 0 Å². The second-order valence-electron chi connectivity index (χ2n) is 5.61. The summed E-state index contributed by atoms with van der Waals surface area (Å²) < 4.78 is 0. The molecule has 3 fully saturated rings. The number of rotatable bonds is 2. The Labute approximate surface area is 86.8 Å². The molecule has 3 aliphatic rings. The lowest BCUT2D eigenvalue weighted by Crippen LogP contribution is -2.49. The third-order valence-corrected chi connectivity index (χ3v) is 4.61. The van der Waals surface area contributed by atoms with Crippen LogP contribution in [0.1, 0.15) is 44.9 Å². The third kappa shape index (κ3) is 1.49. The predicted octanol–water partition coefficient (Wildman–Crippen LogP) is 1.74. The zero-order chi connectivity index (χ0) is 9.54. The van der Waals surface area contributed by atoms with Gasteiger partial charge < -0.3 is 5.73 Å². The van der Waals surface area contributed by atoms with Crippen molar-refractivity contribution >= 4 is 0 Å². The van der Waals surface area contributed by atoms with Gasteiger partial charge in [0.25, 0.3) is 0 Å². The third-order valence-electron chi connectivity index (χ3n) is 4.61. The van der Waals surface area contributed by atoms with Crippen molar-refractivity contribution in [3.63, 3.8) is 0 Å². The zero-order valence-corrected chi connectivity index (χ0v) is 8.99. The van der Waals surface area contributed by atoms with Crippen molar-refractivity contribution in [2.24, 2.45) is 11.7 Å². The summed E-state index contributed by atoms with van der Waals surface area (Å²) in [5.74, 6) is 1.03. The van der Waals surface area contributed by atoms with E-state index in [1.165, 1.54) is 51.5 Å². The fraction of sp³-hybridized carbons (Fsp3) is 1.00. The molecule has 0 aromatic heterocycles. The molecule has 0 spiro atoms. The van der Waals surface area contributed by atoms with Crippen molar-refractivity contribution in [1.82, 2.24) is 4.90 Å². The Kier molecular flexibility index (Phi) is 2.29. The maximum Gasteiger partial charge on any atom is 0.0114 e. The second kappa shape index (κ2) is 3.49. The number of nitrogens with two attached hydrogens (primary N) is 1. The summed E-state index contributed by atoms with van der Waals surface area (Å²) in [5.41, 5.74) is 6.07. The first-order valence-corrected chi connectivity index (χ1v) is 6.34. The molecule has 0 aromatic rings. The van der Waals surface area contributed by atoms with Crippen LogP contribution in [0.3, 0.4) is 0 Å². The number of hydrogen-bond acceptors (Lipinski definition) is 2. The van der Waals surface area contributed by atoms with E-state index < -0.39 is 0 Å². The van der Waals surface area contributed by atoms with Crippen LogP contribution in [-0.2, 0) is 0 Å². The molecule has 2 N–H and O–H groups in total. The molecule has 80 valence electrons. The quantitative estimate of drug-likeness (QED) is 0.725. The minimum Gasteiger partial charge on any atom is -0.328 e. The maximum absolute atomic E-state index is 6.07. The molecule has 2 bridgehead atoms. The first-order chi connectivity index (χ1) is 6.83. The van der Waals surface area contributed by atoms with E-state index in [0.29, 0.717) is 6.04 Å². The maximum atomic E-state index is 6.07. The van der Waals surface area contributed by atoms with Crippen LogP contribution in [0.25, 0.3) is 0 Å². The van der Waals surface area contributed by atoms with Crippen LogP contribution >= 0.6 is 0 Å². The van der Waals surface area contributed by atoms with Crippen LogP contribution in [0.4, 0.5) is 0 Å². The Morgan fingerprint density at radius 3 is 2.14 bits per heavy atom. The molecule has 3 atom stereocenters. The van der Waals surface area contributed by atoms with Gasteiger partial charge in [-0.05, 0) is 44.4 Å². The number of piperidine rings is 1. The summed E-state index contributed by atoms with van der Waals surface area (Å²) in [6.45, 7) is 1.39. The molecule has 2 nitrogen and oxygen atoms in total. The molecule has 1 aliphatic carbocycles. The van der Waals surface area contributed by atoms with Crippen molar-refractivity contribution < 1.29 is 0 Å². The van der Waals surface area contributed by atoms with Gasteiger partial charge in [-0.25, -0.2) is 0 Å². The van der Waals surface area contributed by atoms with Crippen LogP contribution in [0.15, 0.2) is 0 Å². The monoisotopic (exact) mass is 194 g/mol. The molecule has 1 saturated carbocycles. The molecule has 2 saturated heterocycles. The van der Waals surface area contributed by atoms with Gasteiger partial charge in [0.05, 0.1) is 0 Å². The summed E-state index contributed by atoms with van der Waals surface area (Å²) in [6.07, 6.45) is 9.83. The molecule has 0 amide bonds. The number of nitrogens with zero attached hydrogens (tertiary/aromatic N) is 1. The summed E-state index contributed by atoms with van der Waals surface area (Å²) >= 11 is 0. The van der Waals surface area contributed by atoms with E-state index in [-0.39, 0.29) is 0 Å². The lowest BCUT2D eigenvalue weighted by Gasteiger charge is -2.41. The Bertz CT molecular complexity index is 198. The zero-order valence-electron chi connectivity index (χ0n) is 8.99. The molecule has 3 rings (SSSR count). The Balaban J connectivity index is 1.62. The number of hydrogen-bond donors (Lipinski definition) is 1. The van der Waals surface area contributed by atoms with Crippen molar-refractivity contribution in [3.8, 4) is 0 Å². The van der Waals surface area contributed by atoms with Gasteiger partial charge >= 0.3 is 0 Å². The molecule has 0 aromatic carbocycles. The fourth-order valence-electron chi connectivity index (χ4n) is 3.59. The highest BCUT2D eigenvalue weighted by atomic mass is 15.2. The van der Waals surface area contributed by atoms with Gasteiger partial charge in [-0.1, -0.05) is 6.42 Å². The van der Waals surface area contributed by atoms with E-state index in [1.54, 1.807) is 0 Å². The highest BCUT2D eigenvalue weighted by Crippen LogP contribution is 2.38.